The number of sulfonamides is 1. The molecule has 1 aliphatic rings. The summed E-state index contributed by atoms with van der Waals surface area (Å²) in [5, 5.41) is 3.22. The van der Waals surface area contributed by atoms with Crippen molar-refractivity contribution < 1.29 is 17.9 Å². The maximum absolute atomic E-state index is 13.2. The number of hydrogen-bond donors (Lipinski definition) is 2. The summed E-state index contributed by atoms with van der Waals surface area (Å²) in [6.45, 7) is 3.29. The standard InChI is InChI=1S/C24H22N4O4S/c1-16-6-8-17(9-7-16)15-25-23-24(27-20-5-3-2-4-19(20)26-23)28-33(29,30)18-10-11-21-22(14-18)32-13-12-31-21/h2-11,14H,12-13,15H2,1H3,(H,25,26)(H,27,28). The van der Waals surface area contributed by atoms with Gasteiger partial charge in [0.05, 0.1) is 15.9 Å². The van der Waals surface area contributed by atoms with Crippen LogP contribution in [0.2, 0.25) is 0 Å². The van der Waals surface area contributed by atoms with E-state index in [2.05, 4.69) is 20.0 Å². The first kappa shape index (κ1) is 21.0. The molecule has 8 nitrogen and oxygen atoms in total. The molecule has 2 heterocycles. The van der Waals surface area contributed by atoms with Gasteiger partial charge in [-0.1, -0.05) is 42.0 Å². The summed E-state index contributed by atoms with van der Waals surface area (Å²) >= 11 is 0. The molecule has 1 aromatic heterocycles. The lowest BCUT2D eigenvalue weighted by atomic mass is 10.1. The van der Waals surface area contributed by atoms with E-state index < -0.39 is 10.0 Å². The minimum Gasteiger partial charge on any atom is -0.486 e. The second-order valence-electron chi connectivity index (χ2n) is 7.66. The fourth-order valence-electron chi connectivity index (χ4n) is 3.46. The van der Waals surface area contributed by atoms with Gasteiger partial charge in [-0.2, -0.15) is 0 Å². The van der Waals surface area contributed by atoms with Crippen LogP contribution in [0, 0.1) is 6.92 Å². The highest BCUT2D eigenvalue weighted by Gasteiger charge is 2.22. The molecule has 9 heteroatoms. The number of rotatable bonds is 6. The predicted molar refractivity (Wildman–Crippen MR) is 126 cm³/mol. The Balaban J connectivity index is 1.48. The molecular weight excluding hydrogens is 440 g/mol. The molecule has 5 rings (SSSR count). The quantitative estimate of drug-likeness (QED) is 0.444. The van der Waals surface area contributed by atoms with Gasteiger partial charge in [-0.3, -0.25) is 4.72 Å². The Bertz CT molecular complexity index is 1420. The Labute approximate surface area is 191 Å². The van der Waals surface area contributed by atoms with Crippen LogP contribution in [0.15, 0.2) is 71.6 Å². The van der Waals surface area contributed by atoms with Gasteiger partial charge in [-0.25, -0.2) is 18.4 Å². The van der Waals surface area contributed by atoms with Crippen LogP contribution in [0.5, 0.6) is 11.5 Å². The lowest BCUT2D eigenvalue weighted by Gasteiger charge is -2.19. The first-order chi connectivity index (χ1) is 16.0. The molecule has 0 amide bonds. The van der Waals surface area contributed by atoms with Crippen LogP contribution < -0.4 is 19.5 Å². The van der Waals surface area contributed by atoms with Crippen LogP contribution in [0.4, 0.5) is 11.6 Å². The predicted octanol–water partition coefficient (Wildman–Crippen LogP) is 4.12. The van der Waals surface area contributed by atoms with E-state index in [0.717, 1.165) is 11.1 Å². The summed E-state index contributed by atoms with van der Waals surface area (Å²) < 4.78 is 40.0. The van der Waals surface area contributed by atoms with E-state index in [9.17, 15) is 8.42 Å². The van der Waals surface area contributed by atoms with Crippen molar-refractivity contribution in [3.63, 3.8) is 0 Å². The Morgan fingerprint density at radius 1 is 0.848 bits per heavy atom. The van der Waals surface area contributed by atoms with E-state index in [1.165, 1.54) is 12.1 Å². The number of nitrogens with zero attached hydrogens (tertiary/aromatic N) is 2. The third kappa shape index (κ3) is 4.54. The number of nitrogens with one attached hydrogen (secondary N) is 2. The normalized spacial score (nSPS) is 13.0. The molecule has 0 saturated carbocycles. The molecule has 1 aliphatic heterocycles. The summed E-state index contributed by atoms with van der Waals surface area (Å²) in [5.41, 5.74) is 3.44. The fraction of sp³-hybridized carbons (Fsp3) is 0.167. The van der Waals surface area contributed by atoms with Crippen LogP contribution >= 0.6 is 0 Å². The minimum absolute atomic E-state index is 0.0474. The molecule has 33 heavy (non-hydrogen) atoms. The van der Waals surface area contributed by atoms with E-state index >= 15 is 0 Å². The molecule has 4 aromatic rings. The zero-order chi connectivity index (χ0) is 22.8. The van der Waals surface area contributed by atoms with Crippen molar-refractivity contribution in [1.29, 1.82) is 0 Å². The zero-order valence-corrected chi connectivity index (χ0v) is 18.7. The summed E-state index contributed by atoms with van der Waals surface area (Å²) in [6.07, 6.45) is 0. The molecule has 0 unspecified atom stereocenters. The Kier molecular flexibility index (Phi) is 5.47. The highest BCUT2D eigenvalue weighted by atomic mass is 32.2. The van der Waals surface area contributed by atoms with Crippen molar-refractivity contribution in [2.45, 2.75) is 18.4 Å². The summed E-state index contributed by atoms with van der Waals surface area (Å²) in [7, 11) is -3.95. The van der Waals surface area contributed by atoms with Gasteiger partial charge >= 0.3 is 0 Å². The number of anilines is 2. The molecule has 0 spiro atoms. The van der Waals surface area contributed by atoms with Gasteiger partial charge in [0.25, 0.3) is 10.0 Å². The highest BCUT2D eigenvalue weighted by Crippen LogP contribution is 2.33. The van der Waals surface area contributed by atoms with Gasteiger partial charge < -0.3 is 14.8 Å². The van der Waals surface area contributed by atoms with Crippen LogP contribution in [0.1, 0.15) is 11.1 Å². The third-order valence-corrected chi connectivity index (χ3v) is 6.54. The maximum Gasteiger partial charge on any atom is 0.263 e. The van der Waals surface area contributed by atoms with Gasteiger partial charge in [-0.15, -0.1) is 0 Å². The lowest BCUT2D eigenvalue weighted by Crippen LogP contribution is -2.18. The molecule has 0 aliphatic carbocycles. The van der Waals surface area contributed by atoms with Crippen molar-refractivity contribution in [3.05, 3.63) is 77.9 Å². The van der Waals surface area contributed by atoms with Crippen LogP contribution in [0.3, 0.4) is 0 Å². The van der Waals surface area contributed by atoms with E-state index in [0.29, 0.717) is 48.1 Å². The summed E-state index contributed by atoms with van der Waals surface area (Å²) in [5.74, 6) is 1.38. The molecule has 168 valence electrons. The van der Waals surface area contributed by atoms with Gasteiger partial charge in [0.2, 0.25) is 0 Å². The van der Waals surface area contributed by atoms with Crippen LogP contribution in [-0.4, -0.2) is 31.6 Å². The van der Waals surface area contributed by atoms with Crippen molar-refractivity contribution in [2.24, 2.45) is 0 Å². The zero-order valence-electron chi connectivity index (χ0n) is 17.9. The molecule has 0 bridgehead atoms. The minimum atomic E-state index is -3.95. The van der Waals surface area contributed by atoms with Gasteiger partial charge in [0.15, 0.2) is 23.1 Å². The molecule has 3 aromatic carbocycles. The van der Waals surface area contributed by atoms with E-state index in [1.54, 1.807) is 12.1 Å². The first-order valence-electron chi connectivity index (χ1n) is 10.5. The van der Waals surface area contributed by atoms with Gasteiger partial charge in [0, 0.05) is 12.6 Å². The second-order valence-corrected chi connectivity index (χ2v) is 9.34. The topological polar surface area (TPSA) is 102 Å². The number of hydrogen-bond acceptors (Lipinski definition) is 7. The smallest absolute Gasteiger partial charge is 0.263 e. The maximum atomic E-state index is 13.2. The number of ether oxygens (including phenoxy) is 2. The Morgan fingerprint density at radius 2 is 1.52 bits per heavy atom. The number of para-hydroxylation sites is 2. The summed E-state index contributed by atoms with van der Waals surface area (Å²) in [4.78, 5) is 9.19. The van der Waals surface area contributed by atoms with Crippen molar-refractivity contribution in [2.75, 3.05) is 23.3 Å². The number of aryl methyl sites for hydroxylation is 1. The lowest BCUT2D eigenvalue weighted by molar-refractivity contribution is 0.171. The number of aromatic nitrogens is 2. The highest BCUT2D eigenvalue weighted by molar-refractivity contribution is 7.92. The first-order valence-corrected chi connectivity index (χ1v) is 11.9. The molecule has 0 fully saturated rings. The largest absolute Gasteiger partial charge is 0.486 e. The average Bonchev–Trinajstić information content (AvgIpc) is 2.83. The van der Waals surface area contributed by atoms with Crippen molar-refractivity contribution in [3.8, 4) is 11.5 Å². The van der Waals surface area contributed by atoms with E-state index in [-0.39, 0.29) is 10.7 Å². The van der Waals surface area contributed by atoms with Gasteiger partial charge in [-0.05, 0) is 36.8 Å². The number of fused-ring (bicyclic) bond motifs is 2. The Morgan fingerprint density at radius 3 is 2.24 bits per heavy atom. The average molecular weight is 463 g/mol. The van der Waals surface area contributed by atoms with Crippen molar-refractivity contribution >= 4 is 32.7 Å². The van der Waals surface area contributed by atoms with Gasteiger partial charge in [0.1, 0.15) is 13.2 Å². The van der Waals surface area contributed by atoms with Crippen LogP contribution in [-0.2, 0) is 16.6 Å². The molecule has 0 saturated heterocycles. The molecule has 0 radical (unpaired) electrons. The third-order valence-electron chi connectivity index (χ3n) is 5.21. The Hall–Kier alpha value is -3.85. The van der Waals surface area contributed by atoms with E-state index in [4.69, 9.17) is 9.47 Å². The fourth-order valence-corrected chi connectivity index (χ4v) is 4.49. The second kappa shape index (κ2) is 8.59. The van der Waals surface area contributed by atoms with Crippen molar-refractivity contribution in [1.82, 2.24) is 9.97 Å². The summed E-state index contributed by atoms with van der Waals surface area (Å²) in [6, 6.07) is 19.9. The SMILES string of the molecule is Cc1ccc(CNc2nc3ccccc3nc2NS(=O)(=O)c2ccc3c(c2)OCCO3)cc1. The van der Waals surface area contributed by atoms with Crippen LogP contribution in [0.25, 0.3) is 11.0 Å². The molecule has 0 atom stereocenters. The number of benzene rings is 3. The molecule has 2 N–H and O–H groups in total. The molecular formula is C24H22N4O4S. The monoisotopic (exact) mass is 462 g/mol. The van der Waals surface area contributed by atoms with E-state index in [1.807, 2.05) is 49.4 Å².